The molecule has 0 aromatic heterocycles. The highest BCUT2D eigenvalue weighted by molar-refractivity contribution is 5.76. The Hall–Kier alpha value is -0.530. The van der Waals surface area contributed by atoms with Crippen molar-refractivity contribution in [1.82, 2.24) is 0 Å². The molecule has 1 fully saturated rings. The van der Waals surface area contributed by atoms with Crippen LogP contribution in [0.25, 0.3) is 0 Å². The van der Waals surface area contributed by atoms with Crippen LogP contribution in [0.2, 0.25) is 0 Å². The Balaban J connectivity index is 2.44. The van der Waals surface area contributed by atoms with E-state index >= 15 is 0 Å². The van der Waals surface area contributed by atoms with E-state index in [1.807, 2.05) is 0 Å². The lowest BCUT2D eigenvalue weighted by Crippen LogP contribution is -2.31. The van der Waals surface area contributed by atoms with Gasteiger partial charge in [-0.15, -0.1) is 0 Å². The van der Waals surface area contributed by atoms with Gasteiger partial charge in [-0.2, -0.15) is 0 Å². The first-order chi connectivity index (χ1) is 5.57. The molecular formula is C10H19NO. The van der Waals surface area contributed by atoms with Gasteiger partial charge in [0.15, 0.2) is 0 Å². The number of carbonyl (C=O) groups excluding carboxylic acids is 1. The van der Waals surface area contributed by atoms with E-state index in [9.17, 15) is 4.79 Å². The van der Waals surface area contributed by atoms with Gasteiger partial charge in [0.05, 0.1) is 0 Å². The van der Waals surface area contributed by atoms with Crippen molar-refractivity contribution >= 4 is 5.91 Å². The highest BCUT2D eigenvalue weighted by Gasteiger charge is 2.31. The Morgan fingerprint density at radius 3 is 2.33 bits per heavy atom. The third kappa shape index (κ3) is 1.99. The predicted molar refractivity (Wildman–Crippen MR) is 49.6 cm³/mol. The highest BCUT2D eigenvalue weighted by atomic mass is 16.1. The van der Waals surface area contributed by atoms with E-state index in [1.54, 1.807) is 0 Å². The molecule has 2 N–H and O–H groups in total. The van der Waals surface area contributed by atoms with Crippen molar-refractivity contribution in [3.05, 3.63) is 0 Å². The fourth-order valence-electron chi connectivity index (χ4n) is 1.95. The maximum absolute atomic E-state index is 10.9. The summed E-state index contributed by atoms with van der Waals surface area (Å²) in [6.07, 6.45) is 5.55. The average molecular weight is 169 g/mol. The third-order valence-electron chi connectivity index (χ3n) is 3.45. The van der Waals surface area contributed by atoms with Crippen LogP contribution < -0.4 is 5.73 Å². The van der Waals surface area contributed by atoms with Gasteiger partial charge in [0.25, 0.3) is 0 Å². The molecule has 0 heterocycles. The van der Waals surface area contributed by atoms with Crippen molar-refractivity contribution in [2.24, 2.45) is 17.1 Å². The van der Waals surface area contributed by atoms with Crippen LogP contribution in [0.4, 0.5) is 0 Å². The summed E-state index contributed by atoms with van der Waals surface area (Å²) in [7, 11) is 0. The SMILES string of the molecule is CCC1(C)CCC(C(N)=O)CC1. The molecule has 70 valence electrons. The fraction of sp³-hybridized carbons (Fsp3) is 0.900. The monoisotopic (exact) mass is 169 g/mol. The molecule has 0 atom stereocenters. The van der Waals surface area contributed by atoms with Crippen LogP contribution in [0.5, 0.6) is 0 Å². The molecule has 1 aliphatic rings. The summed E-state index contributed by atoms with van der Waals surface area (Å²) in [5.41, 5.74) is 5.74. The molecule has 0 unspecified atom stereocenters. The van der Waals surface area contributed by atoms with Crippen molar-refractivity contribution in [1.29, 1.82) is 0 Å². The molecule has 1 aliphatic carbocycles. The molecule has 0 aliphatic heterocycles. The second-order valence-electron chi connectivity index (χ2n) is 4.34. The minimum atomic E-state index is -0.104. The van der Waals surface area contributed by atoms with Crippen LogP contribution in [0.3, 0.4) is 0 Å². The van der Waals surface area contributed by atoms with Gasteiger partial charge in [-0.05, 0) is 31.1 Å². The lowest BCUT2D eigenvalue weighted by atomic mass is 9.70. The van der Waals surface area contributed by atoms with E-state index in [0.29, 0.717) is 5.41 Å². The number of hydrogen-bond acceptors (Lipinski definition) is 1. The Morgan fingerprint density at radius 2 is 2.00 bits per heavy atom. The smallest absolute Gasteiger partial charge is 0.220 e. The van der Waals surface area contributed by atoms with Crippen LogP contribution in [-0.2, 0) is 4.79 Å². The van der Waals surface area contributed by atoms with Gasteiger partial charge in [0, 0.05) is 5.92 Å². The van der Waals surface area contributed by atoms with Crippen LogP contribution >= 0.6 is 0 Å². The maximum atomic E-state index is 10.9. The van der Waals surface area contributed by atoms with Crippen LogP contribution in [0.15, 0.2) is 0 Å². The molecule has 0 aromatic carbocycles. The molecule has 0 radical (unpaired) electrons. The van der Waals surface area contributed by atoms with Crippen LogP contribution in [0, 0.1) is 11.3 Å². The van der Waals surface area contributed by atoms with Crippen molar-refractivity contribution in [2.75, 3.05) is 0 Å². The fourth-order valence-corrected chi connectivity index (χ4v) is 1.95. The first-order valence-corrected chi connectivity index (χ1v) is 4.87. The third-order valence-corrected chi connectivity index (χ3v) is 3.45. The number of primary amides is 1. The topological polar surface area (TPSA) is 43.1 Å². The summed E-state index contributed by atoms with van der Waals surface area (Å²) in [5.74, 6) is 0.0535. The predicted octanol–water partition coefficient (Wildman–Crippen LogP) is 2.08. The molecule has 0 spiro atoms. The molecule has 1 amide bonds. The molecule has 1 rings (SSSR count). The van der Waals surface area contributed by atoms with Crippen molar-refractivity contribution in [3.8, 4) is 0 Å². The van der Waals surface area contributed by atoms with E-state index in [4.69, 9.17) is 5.73 Å². The standard InChI is InChI=1S/C10H19NO/c1-3-10(2)6-4-8(5-7-10)9(11)12/h8H,3-7H2,1-2H3,(H2,11,12). The number of hydrogen-bond donors (Lipinski definition) is 1. The maximum Gasteiger partial charge on any atom is 0.220 e. The highest BCUT2D eigenvalue weighted by Crippen LogP contribution is 2.40. The molecule has 0 aromatic rings. The molecule has 2 nitrogen and oxygen atoms in total. The molecule has 12 heavy (non-hydrogen) atoms. The van der Waals surface area contributed by atoms with Gasteiger partial charge in [0.2, 0.25) is 5.91 Å². The van der Waals surface area contributed by atoms with E-state index < -0.39 is 0 Å². The number of amides is 1. The summed E-state index contributed by atoms with van der Waals surface area (Å²) < 4.78 is 0. The van der Waals surface area contributed by atoms with Crippen LogP contribution in [0.1, 0.15) is 46.0 Å². The zero-order valence-electron chi connectivity index (χ0n) is 8.10. The van der Waals surface area contributed by atoms with Gasteiger partial charge in [-0.1, -0.05) is 20.3 Å². The van der Waals surface area contributed by atoms with E-state index in [-0.39, 0.29) is 11.8 Å². The Bertz CT molecular complexity index is 169. The number of rotatable bonds is 2. The zero-order valence-corrected chi connectivity index (χ0v) is 8.10. The number of carbonyl (C=O) groups is 1. The Kier molecular flexibility index (Phi) is 2.76. The Morgan fingerprint density at radius 1 is 1.50 bits per heavy atom. The summed E-state index contributed by atoms with van der Waals surface area (Å²) >= 11 is 0. The molecule has 0 bridgehead atoms. The van der Waals surface area contributed by atoms with Gasteiger partial charge in [-0.25, -0.2) is 0 Å². The van der Waals surface area contributed by atoms with E-state index in [1.165, 1.54) is 6.42 Å². The lowest BCUT2D eigenvalue weighted by molar-refractivity contribution is -0.123. The first kappa shape index (κ1) is 9.56. The van der Waals surface area contributed by atoms with Crippen LogP contribution in [-0.4, -0.2) is 5.91 Å². The van der Waals surface area contributed by atoms with Crippen molar-refractivity contribution < 1.29 is 4.79 Å². The minimum Gasteiger partial charge on any atom is -0.369 e. The van der Waals surface area contributed by atoms with Gasteiger partial charge in [-0.3, -0.25) is 4.79 Å². The summed E-state index contributed by atoms with van der Waals surface area (Å²) in [5, 5.41) is 0. The minimum absolute atomic E-state index is 0.104. The van der Waals surface area contributed by atoms with E-state index in [0.717, 1.165) is 25.7 Å². The quantitative estimate of drug-likeness (QED) is 0.675. The van der Waals surface area contributed by atoms with Gasteiger partial charge < -0.3 is 5.73 Å². The summed E-state index contributed by atoms with van der Waals surface area (Å²) in [6, 6.07) is 0. The van der Waals surface area contributed by atoms with Crippen molar-refractivity contribution in [3.63, 3.8) is 0 Å². The molecule has 2 heteroatoms. The van der Waals surface area contributed by atoms with E-state index in [2.05, 4.69) is 13.8 Å². The molecular weight excluding hydrogens is 150 g/mol. The van der Waals surface area contributed by atoms with Crippen molar-refractivity contribution in [2.45, 2.75) is 46.0 Å². The second kappa shape index (κ2) is 3.46. The largest absolute Gasteiger partial charge is 0.369 e. The summed E-state index contributed by atoms with van der Waals surface area (Å²) in [4.78, 5) is 10.9. The summed E-state index contributed by atoms with van der Waals surface area (Å²) in [6.45, 7) is 4.54. The van der Waals surface area contributed by atoms with Gasteiger partial charge in [0.1, 0.15) is 0 Å². The second-order valence-corrected chi connectivity index (χ2v) is 4.34. The lowest BCUT2D eigenvalue weighted by Gasteiger charge is -2.35. The molecule has 1 saturated carbocycles. The zero-order chi connectivity index (χ0) is 9.19. The Labute approximate surface area is 74.5 Å². The molecule has 0 saturated heterocycles. The average Bonchev–Trinajstić information content (AvgIpc) is 2.05. The van der Waals surface area contributed by atoms with Gasteiger partial charge >= 0.3 is 0 Å². The first-order valence-electron chi connectivity index (χ1n) is 4.87. The normalized spacial score (nSPS) is 36.3. The number of nitrogens with two attached hydrogens (primary N) is 1.